The van der Waals surface area contributed by atoms with Gasteiger partial charge >= 0.3 is 0 Å². The van der Waals surface area contributed by atoms with E-state index in [-0.39, 0.29) is 11.7 Å². The van der Waals surface area contributed by atoms with E-state index in [1.54, 1.807) is 59.1 Å². The van der Waals surface area contributed by atoms with Crippen LogP contribution in [0.3, 0.4) is 0 Å². The minimum Gasteiger partial charge on any atom is -0.507 e. The molecule has 0 aliphatic carbocycles. The van der Waals surface area contributed by atoms with Crippen LogP contribution >= 0.6 is 11.6 Å². The second kappa shape index (κ2) is 8.35. The van der Waals surface area contributed by atoms with E-state index >= 15 is 0 Å². The van der Waals surface area contributed by atoms with Crippen molar-refractivity contribution in [2.24, 2.45) is 0 Å². The molecule has 1 amide bonds. The van der Waals surface area contributed by atoms with Gasteiger partial charge in [-0.25, -0.2) is 9.67 Å². The molecule has 0 aliphatic heterocycles. The maximum absolute atomic E-state index is 13.5. The highest BCUT2D eigenvalue weighted by Crippen LogP contribution is 2.32. The van der Waals surface area contributed by atoms with Crippen LogP contribution in [0.2, 0.25) is 5.02 Å². The van der Waals surface area contributed by atoms with Crippen LogP contribution < -0.4 is 0 Å². The number of hydrogen-bond acceptors (Lipinski definition) is 5. The Labute approximate surface area is 184 Å². The zero-order valence-corrected chi connectivity index (χ0v) is 18.3. The number of fused-ring (bicyclic) bond motifs is 1. The smallest absolute Gasteiger partial charge is 0.254 e. The second-order valence-electron chi connectivity index (χ2n) is 7.33. The quantitative estimate of drug-likeness (QED) is 0.500. The summed E-state index contributed by atoms with van der Waals surface area (Å²) in [6.45, 7) is 4.97. The predicted molar refractivity (Wildman–Crippen MR) is 120 cm³/mol. The second-order valence-corrected chi connectivity index (χ2v) is 7.77. The summed E-state index contributed by atoms with van der Waals surface area (Å²) in [7, 11) is 1.73. The number of rotatable bonds is 5. The van der Waals surface area contributed by atoms with Crippen LogP contribution in [0.1, 0.15) is 28.7 Å². The Morgan fingerprint density at radius 2 is 1.97 bits per heavy atom. The number of benzene rings is 2. The van der Waals surface area contributed by atoms with Gasteiger partial charge in [-0.3, -0.25) is 4.79 Å². The lowest BCUT2D eigenvalue weighted by Gasteiger charge is -2.18. The van der Waals surface area contributed by atoms with Crippen LogP contribution in [0, 0.1) is 6.92 Å². The summed E-state index contributed by atoms with van der Waals surface area (Å²) < 4.78 is 1.80. The fourth-order valence-corrected chi connectivity index (χ4v) is 3.72. The predicted octanol–water partition coefficient (Wildman–Crippen LogP) is 4.45. The van der Waals surface area contributed by atoms with Gasteiger partial charge in [0.2, 0.25) is 0 Å². The number of carbonyl (C=O) groups is 1. The number of halogens is 1. The first-order valence-electron chi connectivity index (χ1n) is 9.92. The van der Waals surface area contributed by atoms with Crippen molar-refractivity contribution in [1.82, 2.24) is 24.9 Å². The first-order valence-corrected chi connectivity index (χ1v) is 10.3. The van der Waals surface area contributed by atoms with Crippen LogP contribution in [0.5, 0.6) is 5.75 Å². The number of amides is 1. The summed E-state index contributed by atoms with van der Waals surface area (Å²) in [6, 6.07) is 13.9. The molecule has 1 N–H and O–H groups in total. The highest BCUT2D eigenvalue weighted by atomic mass is 35.5. The third-order valence-electron chi connectivity index (χ3n) is 5.29. The Bertz CT molecular complexity index is 1280. The molecule has 4 aromatic rings. The van der Waals surface area contributed by atoms with Crippen molar-refractivity contribution in [3.8, 4) is 17.0 Å². The molecule has 2 aromatic heterocycles. The van der Waals surface area contributed by atoms with Crippen molar-refractivity contribution in [2.45, 2.75) is 26.9 Å². The summed E-state index contributed by atoms with van der Waals surface area (Å²) in [4.78, 5) is 19.7. The van der Waals surface area contributed by atoms with Gasteiger partial charge in [0, 0.05) is 29.6 Å². The summed E-state index contributed by atoms with van der Waals surface area (Å²) in [6.07, 6.45) is 0. The first kappa shape index (κ1) is 20.8. The summed E-state index contributed by atoms with van der Waals surface area (Å²) in [5.74, 6) is -0.0985. The molecule has 158 valence electrons. The van der Waals surface area contributed by atoms with Gasteiger partial charge in [-0.05, 0) is 50.2 Å². The molecular formula is C23H22ClN5O2. The lowest BCUT2D eigenvalue weighted by atomic mass is 10.0. The minimum atomic E-state index is -0.197. The van der Waals surface area contributed by atoms with Crippen LogP contribution in [0.25, 0.3) is 22.2 Å². The molecule has 0 fully saturated rings. The SMILES string of the molecule is CCn1nnc(CN(C)C(=O)c2cc(-c3ccccc3O)nc3ccc(Cl)cc23)c1C. The van der Waals surface area contributed by atoms with Gasteiger partial charge in [0.1, 0.15) is 11.4 Å². The molecule has 0 unspecified atom stereocenters. The molecule has 2 heterocycles. The van der Waals surface area contributed by atoms with E-state index in [1.807, 2.05) is 19.9 Å². The number of para-hydroxylation sites is 1. The third kappa shape index (κ3) is 3.96. The molecule has 31 heavy (non-hydrogen) atoms. The van der Waals surface area contributed by atoms with Crippen molar-refractivity contribution in [2.75, 3.05) is 7.05 Å². The topological polar surface area (TPSA) is 84.1 Å². The number of hydrogen-bond donors (Lipinski definition) is 1. The van der Waals surface area contributed by atoms with Gasteiger partial charge in [-0.1, -0.05) is 28.9 Å². The molecule has 4 rings (SSSR count). The van der Waals surface area contributed by atoms with E-state index in [9.17, 15) is 9.90 Å². The zero-order valence-electron chi connectivity index (χ0n) is 17.5. The Kier molecular flexibility index (Phi) is 5.61. The molecule has 0 bridgehead atoms. The van der Waals surface area contributed by atoms with Crippen molar-refractivity contribution in [3.05, 3.63) is 70.5 Å². The maximum Gasteiger partial charge on any atom is 0.254 e. The Balaban J connectivity index is 1.79. The van der Waals surface area contributed by atoms with E-state index in [0.717, 1.165) is 11.4 Å². The highest BCUT2D eigenvalue weighted by Gasteiger charge is 2.21. The average Bonchev–Trinajstić information content (AvgIpc) is 3.12. The van der Waals surface area contributed by atoms with Crippen molar-refractivity contribution < 1.29 is 9.90 Å². The van der Waals surface area contributed by atoms with Crippen LogP contribution in [-0.2, 0) is 13.1 Å². The standard InChI is InChI=1S/C23H22ClN5O2/c1-4-29-14(2)21(26-27-29)13-28(3)23(31)18-12-20(16-7-5-6-8-22(16)30)25-19-10-9-15(24)11-17(18)19/h5-12,30H,4,13H2,1-3H3. The number of aromatic nitrogens is 4. The molecule has 0 saturated heterocycles. The molecule has 2 aromatic carbocycles. The number of pyridine rings is 1. The minimum absolute atomic E-state index is 0.0990. The van der Waals surface area contributed by atoms with Gasteiger partial charge in [0.15, 0.2) is 0 Å². The number of phenolic OH excluding ortho intramolecular Hbond substituents is 1. The number of aryl methyl sites for hydroxylation is 1. The van der Waals surface area contributed by atoms with Gasteiger partial charge < -0.3 is 10.0 Å². The fourth-order valence-electron chi connectivity index (χ4n) is 3.55. The highest BCUT2D eigenvalue weighted by molar-refractivity contribution is 6.31. The van der Waals surface area contributed by atoms with Gasteiger partial charge in [-0.15, -0.1) is 5.10 Å². The molecular weight excluding hydrogens is 414 g/mol. The molecule has 0 spiro atoms. The van der Waals surface area contributed by atoms with E-state index < -0.39 is 0 Å². The summed E-state index contributed by atoms with van der Waals surface area (Å²) >= 11 is 6.21. The van der Waals surface area contributed by atoms with Crippen molar-refractivity contribution in [3.63, 3.8) is 0 Å². The van der Waals surface area contributed by atoms with Gasteiger partial charge in [0.05, 0.1) is 29.0 Å². The third-order valence-corrected chi connectivity index (χ3v) is 5.53. The number of phenols is 1. The van der Waals surface area contributed by atoms with E-state index in [4.69, 9.17) is 11.6 Å². The van der Waals surface area contributed by atoms with Crippen LogP contribution in [0.4, 0.5) is 0 Å². The monoisotopic (exact) mass is 435 g/mol. The van der Waals surface area contributed by atoms with E-state index in [2.05, 4.69) is 15.3 Å². The van der Waals surface area contributed by atoms with Crippen LogP contribution in [0.15, 0.2) is 48.5 Å². The summed E-state index contributed by atoms with van der Waals surface area (Å²) in [5, 5.41) is 19.8. The fraction of sp³-hybridized carbons (Fsp3) is 0.217. The Hall–Kier alpha value is -3.45. The van der Waals surface area contributed by atoms with Gasteiger partial charge in [0.25, 0.3) is 5.91 Å². The van der Waals surface area contributed by atoms with Crippen molar-refractivity contribution >= 4 is 28.4 Å². The Morgan fingerprint density at radius 3 is 2.68 bits per heavy atom. The lowest BCUT2D eigenvalue weighted by molar-refractivity contribution is 0.0785. The number of nitrogens with zero attached hydrogens (tertiary/aromatic N) is 5. The molecule has 0 saturated carbocycles. The molecule has 0 aliphatic rings. The average molecular weight is 436 g/mol. The number of aromatic hydroxyl groups is 1. The summed E-state index contributed by atoms with van der Waals surface area (Å²) in [5.41, 5.74) is 3.81. The first-order chi connectivity index (χ1) is 14.9. The lowest BCUT2D eigenvalue weighted by Crippen LogP contribution is -2.27. The van der Waals surface area contributed by atoms with E-state index in [1.165, 1.54) is 0 Å². The molecule has 7 nitrogen and oxygen atoms in total. The normalized spacial score (nSPS) is 11.1. The Morgan fingerprint density at radius 1 is 1.19 bits per heavy atom. The number of carbonyl (C=O) groups excluding carboxylic acids is 1. The van der Waals surface area contributed by atoms with Crippen molar-refractivity contribution in [1.29, 1.82) is 0 Å². The molecule has 0 atom stereocenters. The molecule has 0 radical (unpaired) electrons. The van der Waals surface area contributed by atoms with Crippen LogP contribution in [-0.4, -0.2) is 42.9 Å². The zero-order chi connectivity index (χ0) is 22.1. The maximum atomic E-state index is 13.5. The van der Waals surface area contributed by atoms with E-state index in [0.29, 0.717) is 45.8 Å². The molecule has 8 heteroatoms. The largest absolute Gasteiger partial charge is 0.507 e. The van der Waals surface area contributed by atoms with Gasteiger partial charge in [-0.2, -0.15) is 0 Å².